The van der Waals surface area contributed by atoms with Gasteiger partial charge in [-0.05, 0) is 19.3 Å². The molecule has 1 saturated heterocycles. The summed E-state index contributed by atoms with van der Waals surface area (Å²) in [5.74, 6) is -0.398. The highest BCUT2D eigenvalue weighted by Crippen LogP contribution is 2.25. The Bertz CT molecular complexity index is 685. The second kappa shape index (κ2) is 7.77. The molecule has 0 unspecified atom stereocenters. The molecular weight excluding hydrogens is 340 g/mol. The molecule has 1 aromatic carbocycles. The van der Waals surface area contributed by atoms with E-state index in [2.05, 4.69) is 5.32 Å². The molecule has 0 aromatic heterocycles. The number of amides is 1. The van der Waals surface area contributed by atoms with Gasteiger partial charge in [-0.2, -0.15) is 0 Å². The number of carbonyl (C=O) groups excluding carboxylic acids is 1. The number of likely N-dealkylation sites (tertiary alicyclic amines) is 1. The van der Waals surface area contributed by atoms with Crippen LogP contribution in [-0.2, 0) is 0 Å². The fourth-order valence-corrected chi connectivity index (χ4v) is 3.80. The molecule has 1 aromatic rings. The zero-order chi connectivity index (χ0) is 18.7. The van der Waals surface area contributed by atoms with Crippen LogP contribution >= 0.6 is 0 Å². The number of hydrogen-bond donors (Lipinski definition) is 1. The average molecular weight is 362 g/mol. The van der Waals surface area contributed by atoms with Crippen molar-refractivity contribution in [2.75, 3.05) is 13.1 Å². The maximum atomic E-state index is 12.7. The van der Waals surface area contributed by atoms with E-state index in [1.807, 2.05) is 0 Å². The van der Waals surface area contributed by atoms with Crippen molar-refractivity contribution in [3.05, 3.63) is 44.0 Å². The van der Waals surface area contributed by atoms with Crippen LogP contribution in [0.5, 0.6) is 0 Å². The second-order valence-corrected chi connectivity index (χ2v) is 6.99. The minimum absolute atomic E-state index is 0.00998. The van der Waals surface area contributed by atoms with E-state index in [1.165, 1.54) is 19.3 Å². The highest BCUT2D eigenvalue weighted by molar-refractivity contribution is 5.95. The van der Waals surface area contributed by atoms with Crippen LogP contribution in [0.3, 0.4) is 0 Å². The van der Waals surface area contributed by atoms with Gasteiger partial charge in [-0.3, -0.25) is 25.0 Å². The summed E-state index contributed by atoms with van der Waals surface area (Å²) in [5.41, 5.74) is -0.901. The number of rotatable bonds is 5. The summed E-state index contributed by atoms with van der Waals surface area (Å²) in [4.78, 5) is 34.8. The molecule has 0 bridgehead atoms. The average Bonchev–Trinajstić information content (AvgIpc) is 3.09. The molecular formula is C17H22N4O5. The van der Waals surface area contributed by atoms with Crippen molar-refractivity contribution in [3.8, 4) is 0 Å². The molecule has 1 saturated carbocycles. The van der Waals surface area contributed by atoms with Gasteiger partial charge in [-0.25, -0.2) is 0 Å². The lowest BCUT2D eigenvalue weighted by Crippen LogP contribution is -2.41. The van der Waals surface area contributed by atoms with E-state index in [4.69, 9.17) is 0 Å². The van der Waals surface area contributed by atoms with E-state index < -0.39 is 27.1 Å². The molecule has 0 radical (unpaired) electrons. The topological polar surface area (TPSA) is 119 Å². The summed E-state index contributed by atoms with van der Waals surface area (Å²) in [5, 5.41) is 25.6. The van der Waals surface area contributed by atoms with Crippen LogP contribution in [0.15, 0.2) is 18.2 Å². The molecule has 1 heterocycles. The molecule has 1 aliphatic carbocycles. The number of nitro benzene ring substituents is 2. The number of nitrogens with one attached hydrogen (secondary N) is 1. The van der Waals surface area contributed by atoms with Gasteiger partial charge in [0.15, 0.2) is 0 Å². The van der Waals surface area contributed by atoms with Crippen LogP contribution in [0.25, 0.3) is 0 Å². The van der Waals surface area contributed by atoms with E-state index in [0.717, 1.165) is 37.5 Å². The van der Waals surface area contributed by atoms with E-state index in [1.54, 1.807) is 4.90 Å². The lowest BCUT2D eigenvalue weighted by atomic mass is 9.95. The largest absolute Gasteiger partial charge is 0.337 e. The molecule has 1 aliphatic heterocycles. The molecule has 2 aliphatic rings. The summed E-state index contributed by atoms with van der Waals surface area (Å²) in [7, 11) is 0. The summed E-state index contributed by atoms with van der Waals surface area (Å²) in [6.45, 7) is 1.06. The highest BCUT2D eigenvalue weighted by atomic mass is 16.6. The molecule has 9 nitrogen and oxygen atoms in total. The summed E-state index contributed by atoms with van der Waals surface area (Å²) in [6.07, 6.45) is 6.86. The molecule has 9 heteroatoms. The first-order valence-corrected chi connectivity index (χ1v) is 8.93. The van der Waals surface area contributed by atoms with Crippen LogP contribution in [0.4, 0.5) is 11.4 Å². The number of hydrogen-bond acceptors (Lipinski definition) is 6. The van der Waals surface area contributed by atoms with Gasteiger partial charge in [0, 0.05) is 37.3 Å². The van der Waals surface area contributed by atoms with Crippen LogP contribution in [0.1, 0.15) is 48.9 Å². The molecule has 2 fully saturated rings. The van der Waals surface area contributed by atoms with Gasteiger partial charge >= 0.3 is 0 Å². The third-order valence-corrected chi connectivity index (χ3v) is 5.12. The fourth-order valence-electron chi connectivity index (χ4n) is 3.80. The van der Waals surface area contributed by atoms with Crippen molar-refractivity contribution in [3.63, 3.8) is 0 Å². The molecule has 140 valence electrons. The Balaban J connectivity index is 1.69. The van der Waals surface area contributed by atoms with Crippen LogP contribution in [0.2, 0.25) is 0 Å². The standard InChI is InChI=1S/C17H22N4O5/c22-17(12-8-15(20(23)24)10-16(9-12)21(25)26)19-7-6-14(11-19)18-13-4-2-1-3-5-13/h8-10,13-14,18H,1-7,11H2/t14-/m1/s1. The van der Waals surface area contributed by atoms with E-state index in [0.29, 0.717) is 19.1 Å². The number of nitrogens with zero attached hydrogens (tertiary/aromatic N) is 3. The van der Waals surface area contributed by atoms with Gasteiger partial charge in [0.2, 0.25) is 0 Å². The lowest BCUT2D eigenvalue weighted by molar-refractivity contribution is -0.394. The first-order chi connectivity index (χ1) is 12.4. The number of non-ortho nitro benzene ring substituents is 2. The Morgan fingerprint density at radius 1 is 0.962 bits per heavy atom. The minimum atomic E-state index is -0.721. The monoisotopic (exact) mass is 362 g/mol. The zero-order valence-electron chi connectivity index (χ0n) is 14.4. The van der Waals surface area contributed by atoms with E-state index >= 15 is 0 Å². The van der Waals surface area contributed by atoms with Crippen molar-refractivity contribution >= 4 is 17.3 Å². The van der Waals surface area contributed by atoms with Crippen LogP contribution in [-0.4, -0.2) is 45.8 Å². The highest BCUT2D eigenvalue weighted by Gasteiger charge is 2.30. The van der Waals surface area contributed by atoms with Gasteiger partial charge in [0.05, 0.1) is 21.5 Å². The first kappa shape index (κ1) is 18.2. The maximum absolute atomic E-state index is 12.7. The number of benzene rings is 1. The summed E-state index contributed by atoms with van der Waals surface area (Å²) >= 11 is 0. The van der Waals surface area contributed by atoms with Gasteiger partial charge in [0.25, 0.3) is 17.3 Å². The third-order valence-electron chi connectivity index (χ3n) is 5.12. The first-order valence-electron chi connectivity index (χ1n) is 8.93. The SMILES string of the molecule is O=C(c1cc([N+](=O)[O-])cc([N+](=O)[O-])c1)N1CC[C@@H](NC2CCCCC2)C1. The molecule has 1 amide bonds. The number of nitro groups is 2. The van der Waals surface area contributed by atoms with Crippen molar-refractivity contribution in [2.24, 2.45) is 0 Å². The summed E-state index contributed by atoms with van der Waals surface area (Å²) in [6, 6.07) is 3.78. The Kier molecular flexibility index (Phi) is 5.46. The summed E-state index contributed by atoms with van der Waals surface area (Å²) < 4.78 is 0. The quantitative estimate of drug-likeness (QED) is 0.635. The molecule has 26 heavy (non-hydrogen) atoms. The van der Waals surface area contributed by atoms with E-state index in [9.17, 15) is 25.0 Å². The van der Waals surface area contributed by atoms with Gasteiger partial charge in [0.1, 0.15) is 0 Å². The Morgan fingerprint density at radius 3 is 2.15 bits per heavy atom. The number of carbonyl (C=O) groups is 1. The van der Waals surface area contributed by atoms with Gasteiger partial charge in [-0.1, -0.05) is 19.3 Å². The molecule has 0 spiro atoms. The zero-order valence-corrected chi connectivity index (χ0v) is 14.4. The fraction of sp³-hybridized carbons (Fsp3) is 0.588. The lowest BCUT2D eigenvalue weighted by Gasteiger charge is -2.26. The van der Waals surface area contributed by atoms with Crippen LogP contribution < -0.4 is 5.32 Å². The normalized spacial score (nSPS) is 20.9. The molecule has 1 N–H and O–H groups in total. The van der Waals surface area contributed by atoms with Gasteiger partial charge in [-0.15, -0.1) is 0 Å². The molecule has 3 rings (SSSR count). The molecule has 1 atom stereocenters. The van der Waals surface area contributed by atoms with Crippen molar-refractivity contribution in [2.45, 2.75) is 50.6 Å². The van der Waals surface area contributed by atoms with Crippen LogP contribution in [0, 0.1) is 20.2 Å². The smallest absolute Gasteiger partial charge is 0.277 e. The Morgan fingerprint density at radius 2 is 1.58 bits per heavy atom. The van der Waals surface area contributed by atoms with E-state index in [-0.39, 0.29) is 11.6 Å². The predicted octanol–water partition coefficient (Wildman–Crippen LogP) is 2.64. The van der Waals surface area contributed by atoms with Crippen molar-refractivity contribution in [1.82, 2.24) is 10.2 Å². The predicted molar refractivity (Wildman–Crippen MR) is 94.1 cm³/mol. The third kappa shape index (κ3) is 4.16. The minimum Gasteiger partial charge on any atom is -0.337 e. The van der Waals surface area contributed by atoms with Gasteiger partial charge < -0.3 is 10.2 Å². The van der Waals surface area contributed by atoms with Crippen molar-refractivity contribution in [1.29, 1.82) is 0 Å². The Hall–Kier alpha value is -2.55. The Labute approximate surface area is 150 Å². The van der Waals surface area contributed by atoms with Crippen molar-refractivity contribution < 1.29 is 14.6 Å². The maximum Gasteiger partial charge on any atom is 0.277 e. The second-order valence-electron chi connectivity index (χ2n) is 6.99.